The maximum absolute atomic E-state index is 13.9. The molecular weight excluding hydrogens is 227 g/mol. The predicted molar refractivity (Wildman–Crippen MR) is 76.3 cm³/mol. The van der Waals surface area contributed by atoms with Crippen LogP contribution in [0.5, 0.6) is 0 Å². The summed E-state index contributed by atoms with van der Waals surface area (Å²) in [6, 6.07) is 7.08. The lowest BCUT2D eigenvalue weighted by atomic mass is 9.87. The molecule has 102 valence electrons. The Balaban J connectivity index is 2.97. The van der Waals surface area contributed by atoms with Crippen LogP contribution in [0.4, 0.5) is 10.1 Å². The minimum atomic E-state index is -0.174. The molecule has 0 aliphatic rings. The minimum absolute atomic E-state index is 0.173. The van der Waals surface area contributed by atoms with Crippen molar-refractivity contribution in [2.45, 2.75) is 40.2 Å². The predicted octanol–water partition coefficient (Wildman–Crippen LogP) is 3.42. The largest absolute Gasteiger partial charge is 0.365 e. The first-order valence-corrected chi connectivity index (χ1v) is 6.60. The summed E-state index contributed by atoms with van der Waals surface area (Å²) in [6.45, 7) is 9.90. The molecule has 0 aliphatic carbocycles. The van der Waals surface area contributed by atoms with Gasteiger partial charge in [-0.1, -0.05) is 32.9 Å². The number of nitrogens with two attached hydrogens (primary N) is 1. The van der Waals surface area contributed by atoms with Gasteiger partial charge in [0, 0.05) is 19.1 Å². The molecule has 1 aromatic rings. The summed E-state index contributed by atoms with van der Waals surface area (Å²) in [4.78, 5) is 2.07. The number of hydrogen-bond acceptors (Lipinski definition) is 2. The molecule has 1 atom stereocenters. The number of anilines is 1. The van der Waals surface area contributed by atoms with Crippen molar-refractivity contribution in [2.24, 2.45) is 11.1 Å². The average molecular weight is 252 g/mol. The van der Waals surface area contributed by atoms with Gasteiger partial charge < -0.3 is 10.6 Å². The Hall–Kier alpha value is -1.09. The second-order valence-corrected chi connectivity index (χ2v) is 5.89. The lowest BCUT2D eigenvalue weighted by molar-refractivity contribution is 0.332. The van der Waals surface area contributed by atoms with Crippen LogP contribution in [-0.2, 0) is 0 Å². The molecule has 1 rings (SSSR count). The molecule has 2 N–H and O–H groups in total. The molecule has 3 heteroatoms. The highest BCUT2D eigenvalue weighted by Crippen LogP contribution is 2.27. The van der Waals surface area contributed by atoms with Crippen molar-refractivity contribution in [3.8, 4) is 0 Å². The number of likely N-dealkylation sites (N-methyl/N-ethyl adjacent to an activating group) is 1. The van der Waals surface area contributed by atoms with Gasteiger partial charge >= 0.3 is 0 Å². The van der Waals surface area contributed by atoms with Gasteiger partial charge in [-0.05, 0) is 30.9 Å². The van der Waals surface area contributed by atoms with Gasteiger partial charge in [0.2, 0.25) is 0 Å². The summed E-state index contributed by atoms with van der Waals surface area (Å²) < 4.78 is 13.9. The van der Waals surface area contributed by atoms with Crippen LogP contribution in [0.2, 0.25) is 0 Å². The van der Waals surface area contributed by atoms with E-state index in [0.29, 0.717) is 12.2 Å². The Kier molecular flexibility index (Phi) is 5.15. The normalized spacial score (nSPS) is 13.4. The number of rotatable bonds is 5. The zero-order valence-electron chi connectivity index (χ0n) is 11.9. The maximum Gasteiger partial charge on any atom is 0.146 e. The lowest BCUT2D eigenvalue weighted by Crippen LogP contribution is -2.43. The Morgan fingerprint density at radius 3 is 2.33 bits per heavy atom. The van der Waals surface area contributed by atoms with E-state index in [1.165, 1.54) is 6.07 Å². The third-order valence-corrected chi connectivity index (χ3v) is 3.06. The monoisotopic (exact) mass is 252 g/mol. The lowest BCUT2D eigenvalue weighted by Gasteiger charge is -2.36. The number of nitrogens with zero attached hydrogens (tertiary/aromatic N) is 1. The SMILES string of the molecule is CCN(c1ccccc1F)C(CN)CC(C)(C)C. The second-order valence-electron chi connectivity index (χ2n) is 5.89. The van der Waals surface area contributed by atoms with E-state index in [4.69, 9.17) is 5.73 Å². The molecule has 2 nitrogen and oxygen atoms in total. The van der Waals surface area contributed by atoms with E-state index in [9.17, 15) is 4.39 Å². The molecule has 0 radical (unpaired) electrons. The van der Waals surface area contributed by atoms with Crippen LogP contribution in [0.25, 0.3) is 0 Å². The van der Waals surface area contributed by atoms with Crippen molar-refractivity contribution in [1.29, 1.82) is 0 Å². The molecule has 0 aliphatic heterocycles. The topological polar surface area (TPSA) is 29.3 Å². The fourth-order valence-electron chi connectivity index (χ4n) is 2.34. The summed E-state index contributed by atoms with van der Waals surface area (Å²) in [5, 5.41) is 0. The molecule has 0 saturated carbocycles. The zero-order chi connectivity index (χ0) is 13.8. The van der Waals surface area contributed by atoms with Gasteiger partial charge in [-0.15, -0.1) is 0 Å². The van der Waals surface area contributed by atoms with Crippen LogP contribution in [0, 0.1) is 11.2 Å². The number of hydrogen-bond donors (Lipinski definition) is 1. The van der Waals surface area contributed by atoms with E-state index in [-0.39, 0.29) is 17.3 Å². The molecule has 0 fully saturated rings. The minimum Gasteiger partial charge on any atom is -0.365 e. The van der Waals surface area contributed by atoms with Gasteiger partial charge in [0.15, 0.2) is 0 Å². The van der Waals surface area contributed by atoms with Crippen molar-refractivity contribution in [2.75, 3.05) is 18.0 Å². The fourth-order valence-corrected chi connectivity index (χ4v) is 2.34. The highest BCUT2D eigenvalue weighted by molar-refractivity contribution is 5.48. The summed E-state index contributed by atoms with van der Waals surface area (Å²) >= 11 is 0. The fraction of sp³-hybridized carbons (Fsp3) is 0.600. The van der Waals surface area contributed by atoms with E-state index >= 15 is 0 Å². The molecule has 1 unspecified atom stereocenters. The van der Waals surface area contributed by atoms with E-state index in [1.807, 2.05) is 19.1 Å². The zero-order valence-corrected chi connectivity index (χ0v) is 11.9. The second kappa shape index (κ2) is 6.19. The summed E-state index contributed by atoms with van der Waals surface area (Å²) in [6.07, 6.45) is 0.950. The standard InChI is InChI=1S/C15H25FN2/c1-5-18(12(11-17)10-15(2,3)4)14-9-7-6-8-13(14)16/h6-9,12H,5,10-11,17H2,1-4H3. The van der Waals surface area contributed by atoms with E-state index in [1.54, 1.807) is 6.07 Å². The smallest absolute Gasteiger partial charge is 0.146 e. The maximum atomic E-state index is 13.9. The van der Waals surface area contributed by atoms with E-state index in [0.717, 1.165) is 13.0 Å². The van der Waals surface area contributed by atoms with Crippen molar-refractivity contribution < 1.29 is 4.39 Å². The van der Waals surface area contributed by atoms with E-state index < -0.39 is 0 Å². The van der Waals surface area contributed by atoms with Crippen molar-refractivity contribution >= 4 is 5.69 Å². The summed E-state index contributed by atoms with van der Waals surface area (Å²) in [7, 11) is 0. The van der Waals surface area contributed by atoms with Crippen molar-refractivity contribution in [3.05, 3.63) is 30.1 Å². The number of halogens is 1. The third-order valence-electron chi connectivity index (χ3n) is 3.06. The molecule has 1 aromatic carbocycles. The van der Waals surface area contributed by atoms with Gasteiger partial charge in [0.25, 0.3) is 0 Å². The number of para-hydroxylation sites is 1. The molecule has 0 heterocycles. The van der Waals surface area contributed by atoms with Crippen LogP contribution < -0.4 is 10.6 Å². The van der Waals surface area contributed by atoms with Crippen LogP contribution in [0.1, 0.15) is 34.1 Å². The molecule has 0 saturated heterocycles. The highest BCUT2D eigenvalue weighted by Gasteiger charge is 2.24. The van der Waals surface area contributed by atoms with Gasteiger partial charge in [-0.25, -0.2) is 4.39 Å². The highest BCUT2D eigenvalue weighted by atomic mass is 19.1. The molecule has 0 amide bonds. The first-order valence-electron chi connectivity index (χ1n) is 6.60. The van der Waals surface area contributed by atoms with Crippen LogP contribution in [-0.4, -0.2) is 19.1 Å². The quantitative estimate of drug-likeness (QED) is 0.870. The van der Waals surface area contributed by atoms with Crippen molar-refractivity contribution in [3.63, 3.8) is 0 Å². The summed E-state index contributed by atoms with van der Waals surface area (Å²) in [5.74, 6) is -0.174. The van der Waals surface area contributed by atoms with Gasteiger partial charge in [0.1, 0.15) is 5.82 Å². The molecule has 0 bridgehead atoms. The Morgan fingerprint density at radius 2 is 1.89 bits per heavy atom. The summed E-state index contributed by atoms with van der Waals surface area (Å²) in [5.41, 5.74) is 6.72. The van der Waals surface area contributed by atoms with E-state index in [2.05, 4.69) is 25.7 Å². The van der Waals surface area contributed by atoms with Crippen LogP contribution in [0.3, 0.4) is 0 Å². The van der Waals surface area contributed by atoms with Crippen LogP contribution in [0.15, 0.2) is 24.3 Å². The average Bonchev–Trinajstić information content (AvgIpc) is 2.29. The third kappa shape index (κ3) is 3.98. The number of benzene rings is 1. The van der Waals surface area contributed by atoms with Gasteiger partial charge in [-0.2, -0.15) is 0 Å². The first-order chi connectivity index (χ1) is 8.39. The Labute approximate surface area is 110 Å². The van der Waals surface area contributed by atoms with Crippen LogP contribution >= 0.6 is 0 Å². The molecule has 0 spiro atoms. The Morgan fingerprint density at radius 1 is 1.28 bits per heavy atom. The van der Waals surface area contributed by atoms with Gasteiger partial charge in [-0.3, -0.25) is 0 Å². The Bertz CT molecular complexity index is 371. The first kappa shape index (κ1) is 15.0. The molecular formula is C15H25FN2. The molecule has 0 aromatic heterocycles. The van der Waals surface area contributed by atoms with Crippen molar-refractivity contribution in [1.82, 2.24) is 0 Å². The van der Waals surface area contributed by atoms with Gasteiger partial charge in [0.05, 0.1) is 5.69 Å². The molecule has 18 heavy (non-hydrogen) atoms.